The summed E-state index contributed by atoms with van der Waals surface area (Å²) < 4.78 is 30.0. The van der Waals surface area contributed by atoms with Crippen LogP contribution in [0.5, 0.6) is 0 Å². The maximum atomic E-state index is 14.1. The zero-order valence-corrected chi connectivity index (χ0v) is 20.4. The Morgan fingerprint density at radius 1 is 1.12 bits per heavy atom. The highest BCUT2D eigenvalue weighted by Crippen LogP contribution is 2.35. The van der Waals surface area contributed by atoms with E-state index < -0.39 is 5.92 Å². The second-order valence-corrected chi connectivity index (χ2v) is 9.10. The summed E-state index contributed by atoms with van der Waals surface area (Å²) in [5.74, 6) is -2.90. The number of allylic oxidation sites excluding steroid dienone is 3. The van der Waals surface area contributed by atoms with Crippen LogP contribution in [0.25, 0.3) is 22.9 Å². The van der Waals surface area contributed by atoms with E-state index in [9.17, 15) is 8.78 Å². The first-order valence-corrected chi connectivity index (χ1v) is 11.9. The lowest BCUT2D eigenvalue weighted by molar-refractivity contribution is 0.0173. The number of alkyl halides is 2. The summed E-state index contributed by atoms with van der Waals surface area (Å²) >= 11 is 1.46. The molecule has 0 N–H and O–H groups in total. The van der Waals surface area contributed by atoms with Gasteiger partial charge in [-0.3, -0.25) is 0 Å². The van der Waals surface area contributed by atoms with Crippen LogP contribution in [0.3, 0.4) is 0 Å². The van der Waals surface area contributed by atoms with Gasteiger partial charge in [-0.2, -0.15) is 5.10 Å². The number of thioether (sulfide) groups is 1. The molecule has 32 heavy (non-hydrogen) atoms. The summed E-state index contributed by atoms with van der Waals surface area (Å²) in [5.41, 5.74) is 7.16. The van der Waals surface area contributed by atoms with Gasteiger partial charge < -0.3 is 0 Å². The fourth-order valence-corrected chi connectivity index (χ4v) is 3.89. The zero-order valence-electron chi connectivity index (χ0n) is 19.5. The quantitative estimate of drug-likeness (QED) is 0.265. The molecular formula is C27H30F2N2S. The van der Waals surface area contributed by atoms with Crippen LogP contribution < -0.4 is 0 Å². The van der Waals surface area contributed by atoms with Gasteiger partial charge >= 0.3 is 0 Å². The van der Waals surface area contributed by atoms with Gasteiger partial charge in [-0.05, 0) is 68.3 Å². The van der Waals surface area contributed by atoms with Crippen molar-refractivity contribution in [1.82, 2.24) is 9.78 Å². The summed E-state index contributed by atoms with van der Waals surface area (Å²) in [6.07, 6.45) is 8.80. The highest BCUT2D eigenvalue weighted by molar-refractivity contribution is 7.98. The summed E-state index contributed by atoms with van der Waals surface area (Å²) in [5, 5.41) is 4.57. The average molecular weight is 453 g/mol. The average Bonchev–Trinajstić information content (AvgIpc) is 3.12. The molecule has 0 saturated carbocycles. The topological polar surface area (TPSA) is 17.8 Å². The smallest absolute Gasteiger partial charge is 0.244 e. The van der Waals surface area contributed by atoms with Crippen LogP contribution in [0.15, 0.2) is 65.2 Å². The van der Waals surface area contributed by atoms with Crippen molar-refractivity contribution in [2.24, 2.45) is 0 Å². The lowest BCUT2D eigenvalue weighted by atomic mass is 10.0. The number of halogens is 2. The number of aromatic nitrogens is 2. The highest BCUT2D eigenvalue weighted by atomic mass is 32.2. The Kier molecular flexibility index (Phi) is 7.40. The van der Waals surface area contributed by atoms with Gasteiger partial charge in [0.15, 0.2) is 0 Å². The largest absolute Gasteiger partial charge is 0.270 e. The van der Waals surface area contributed by atoms with Gasteiger partial charge in [0, 0.05) is 34.8 Å². The second kappa shape index (κ2) is 9.86. The van der Waals surface area contributed by atoms with Crippen molar-refractivity contribution in [2.75, 3.05) is 6.26 Å². The Bertz CT molecular complexity index is 1150. The fraction of sp³-hybridized carbons (Fsp3) is 0.296. The molecule has 3 aromatic rings. The van der Waals surface area contributed by atoms with Crippen LogP contribution in [0.4, 0.5) is 8.78 Å². The Morgan fingerprint density at radius 3 is 2.41 bits per heavy atom. The second-order valence-electron chi connectivity index (χ2n) is 8.22. The molecule has 0 unspecified atom stereocenters. The summed E-state index contributed by atoms with van der Waals surface area (Å²) in [4.78, 5) is 0.809. The molecule has 0 fully saturated rings. The number of benzene rings is 2. The van der Waals surface area contributed by atoms with Gasteiger partial charge in [0.05, 0.1) is 6.20 Å². The first-order chi connectivity index (χ1) is 15.1. The standard InChI is InChI=1S/C27H30F2N2S/c1-7-18(2)12-23(21-10-8-19(3)9-11-21)17-31-20(4)26(16-30-31)22-13-24(27(5,28)29)15-25(14-22)32-6/h8-17H,7H2,1-6H3/b18-12?,23-17+. The first kappa shape index (κ1) is 24.0. The number of aryl methyl sites for hydroxylation is 1. The monoisotopic (exact) mass is 452 g/mol. The minimum absolute atomic E-state index is 0.0175. The van der Waals surface area contributed by atoms with E-state index in [0.717, 1.165) is 46.2 Å². The minimum Gasteiger partial charge on any atom is -0.244 e. The van der Waals surface area contributed by atoms with E-state index in [0.29, 0.717) is 0 Å². The van der Waals surface area contributed by atoms with Crippen LogP contribution >= 0.6 is 11.8 Å². The van der Waals surface area contributed by atoms with E-state index in [-0.39, 0.29) is 5.56 Å². The van der Waals surface area contributed by atoms with Crippen LogP contribution in [-0.2, 0) is 5.92 Å². The van der Waals surface area contributed by atoms with Crippen LogP contribution in [0.1, 0.15) is 49.6 Å². The number of nitrogens with zero attached hydrogens (tertiary/aromatic N) is 2. The molecule has 0 bridgehead atoms. The van der Waals surface area contributed by atoms with Crippen molar-refractivity contribution in [3.8, 4) is 11.1 Å². The van der Waals surface area contributed by atoms with Gasteiger partial charge in [-0.15, -0.1) is 11.8 Å². The summed E-state index contributed by atoms with van der Waals surface area (Å²) in [7, 11) is 0. The normalized spacial score (nSPS) is 13.0. The molecule has 0 atom stereocenters. The summed E-state index contributed by atoms with van der Waals surface area (Å²) in [6, 6.07) is 13.5. The maximum absolute atomic E-state index is 14.1. The van der Waals surface area contributed by atoms with E-state index >= 15 is 0 Å². The molecule has 0 saturated heterocycles. The molecule has 0 aliphatic rings. The molecule has 1 heterocycles. The third-order valence-electron chi connectivity index (χ3n) is 5.61. The van der Waals surface area contributed by atoms with E-state index in [1.807, 2.05) is 30.1 Å². The van der Waals surface area contributed by atoms with E-state index in [1.54, 1.807) is 18.3 Å². The Balaban J connectivity index is 2.11. The zero-order chi connectivity index (χ0) is 23.5. The molecule has 2 aromatic carbocycles. The van der Waals surface area contributed by atoms with Gasteiger partial charge in [-0.25, -0.2) is 13.5 Å². The number of hydrogen-bond acceptors (Lipinski definition) is 2. The molecule has 0 aliphatic carbocycles. The highest BCUT2D eigenvalue weighted by Gasteiger charge is 2.26. The SMILES string of the molecule is CCC(C)=C/C(=C\n1ncc(-c2cc(SC)cc(C(C)(F)F)c2)c1C)c1ccc(C)cc1. The number of hydrogen-bond donors (Lipinski definition) is 0. The van der Waals surface area contributed by atoms with Gasteiger partial charge in [0.25, 0.3) is 5.92 Å². The first-order valence-electron chi connectivity index (χ1n) is 10.7. The van der Waals surface area contributed by atoms with Crippen molar-refractivity contribution in [2.45, 2.75) is 51.9 Å². The van der Waals surface area contributed by atoms with Crippen LogP contribution in [0.2, 0.25) is 0 Å². The fourth-order valence-electron chi connectivity index (χ4n) is 3.40. The predicted molar refractivity (Wildman–Crippen MR) is 133 cm³/mol. The third kappa shape index (κ3) is 5.57. The Morgan fingerprint density at radius 2 is 1.81 bits per heavy atom. The molecular weight excluding hydrogens is 422 g/mol. The summed E-state index contributed by atoms with van der Waals surface area (Å²) in [6.45, 7) is 9.23. The van der Waals surface area contributed by atoms with Crippen molar-refractivity contribution in [3.05, 3.63) is 82.7 Å². The van der Waals surface area contributed by atoms with E-state index in [2.05, 4.69) is 56.2 Å². The Labute approximate surface area is 194 Å². The van der Waals surface area contributed by atoms with E-state index in [1.165, 1.54) is 22.9 Å². The molecule has 0 spiro atoms. The van der Waals surface area contributed by atoms with Crippen molar-refractivity contribution in [1.29, 1.82) is 0 Å². The lowest BCUT2D eigenvalue weighted by Crippen LogP contribution is -2.07. The molecule has 0 aliphatic heterocycles. The molecule has 3 rings (SSSR count). The van der Waals surface area contributed by atoms with Gasteiger partial charge in [-0.1, -0.05) is 48.4 Å². The molecule has 5 heteroatoms. The third-order valence-corrected chi connectivity index (χ3v) is 6.32. The van der Waals surface area contributed by atoms with Crippen molar-refractivity contribution in [3.63, 3.8) is 0 Å². The minimum atomic E-state index is -2.90. The molecule has 168 valence electrons. The van der Waals surface area contributed by atoms with Crippen molar-refractivity contribution >= 4 is 23.5 Å². The van der Waals surface area contributed by atoms with Gasteiger partial charge in [0.2, 0.25) is 0 Å². The predicted octanol–water partition coefficient (Wildman–Crippen LogP) is 8.35. The maximum Gasteiger partial charge on any atom is 0.270 e. The van der Waals surface area contributed by atoms with Crippen LogP contribution in [0, 0.1) is 13.8 Å². The van der Waals surface area contributed by atoms with Gasteiger partial charge in [0.1, 0.15) is 0 Å². The van der Waals surface area contributed by atoms with Crippen LogP contribution in [-0.4, -0.2) is 16.0 Å². The van der Waals surface area contributed by atoms with Crippen molar-refractivity contribution < 1.29 is 8.78 Å². The molecule has 0 radical (unpaired) electrons. The Hall–Kier alpha value is -2.66. The lowest BCUT2D eigenvalue weighted by Gasteiger charge is -2.14. The van der Waals surface area contributed by atoms with E-state index in [4.69, 9.17) is 0 Å². The molecule has 1 aromatic heterocycles. The molecule has 2 nitrogen and oxygen atoms in total. The molecule has 0 amide bonds. The number of rotatable bonds is 7.